The minimum Gasteiger partial charge on any atom is -0.497 e. The number of piperidine rings is 1. The fourth-order valence-electron chi connectivity index (χ4n) is 8.57. The maximum Gasteiger partial charge on any atom is 0.288 e. The molecule has 1 spiro atoms. The standard InChI is InChI=1S/C43H46N4O8S/c1-53-33-14-16-34(17-15-33)56(51,52)46(22-24-48)23-25-54-40-28-31(36-12-7-13-37-35-11-6-5-8-30(35)26-38(36)37)27-39(55-40)41(49)45-20-18-43(19-21-45)42(50)44-29-47(43)32-9-3-2-4-10-32/h2-17,27,31,40,48H,18-26,28-29H2,1H3,(H,44,50). The van der Waals surface area contributed by atoms with Gasteiger partial charge in [0.25, 0.3) is 5.91 Å². The second-order valence-electron chi connectivity index (χ2n) is 14.6. The van der Waals surface area contributed by atoms with Crippen LogP contribution in [-0.2, 0) is 35.5 Å². The third-order valence-electron chi connectivity index (χ3n) is 11.5. The predicted molar refractivity (Wildman–Crippen MR) is 210 cm³/mol. The molecule has 3 aliphatic heterocycles. The number of aliphatic hydroxyl groups excluding tert-OH is 1. The van der Waals surface area contributed by atoms with Gasteiger partial charge in [-0.1, -0.05) is 60.7 Å². The molecule has 2 fully saturated rings. The summed E-state index contributed by atoms with van der Waals surface area (Å²) in [6.07, 6.45) is 3.15. The highest BCUT2D eigenvalue weighted by Crippen LogP contribution is 2.43. The van der Waals surface area contributed by atoms with Crippen molar-refractivity contribution in [1.82, 2.24) is 14.5 Å². The molecule has 13 heteroatoms. The SMILES string of the molecule is COc1ccc(S(=O)(=O)N(CCO)CCOC2CC(c3cccc4c3Cc3ccccc3-4)C=C(C(=O)N3CCC4(CC3)C(=O)NCN4c3ccccc3)O2)cc1. The summed E-state index contributed by atoms with van der Waals surface area (Å²) in [5, 5.41) is 12.8. The van der Waals surface area contributed by atoms with Crippen LogP contribution in [0.3, 0.4) is 0 Å². The van der Waals surface area contributed by atoms with Gasteiger partial charge in [0.2, 0.25) is 22.2 Å². The molecule has 0 bridgehead atoms. The molecule has 8 rings (SSSR count). The molecular weight excluding hydrogens is 733 g/mol. The molecule has 0 radical (unpaired) electrons. The minimum atomic E-state index is -3.96. The Kier molecular flexibility index (Phi) is 10.6. The van der Waals surface area contributed by atoms with E-state index in [4.69, 9.17) is 14.2 Å². The Balaban J connectivity index is 1.02. The number of para-hydroxylation sites is 1. The number of amides is 2. The normalized spacial score (nSPS) is 20.0. The summed E-state index contributed by atoms with van der Waals surface area (Å²) in [5.74, 6) is 0.169. The number of sulfonamides is 1. The van der Waals surface area contributed by atoms with Crippen molar-refractivity contribution in [2.24, 2.45) is 0 Å². The molecule has 4 aliphatic rings. The van der Waals surface area contributed by atoms with Crippen LogP contribution in [0.4, 0.5) is 5.69 Å². The second-order valence-corrected chi connectivity index (χ2v) is 16.5. The van der Waals surface area contributed by atoms with Gasteiger partial charge >= 0.3 is 0 Å². The molecule has 0 saturated carbocycles. The van der Waals surface area contributed by atoms with Crippen LogP contribution in [0.2, 0.25) is 0 Å². The number of ether oxygens (including phenoxy) is 3. The molecule has 2 saturated heterocycles. The lowest BCUT2D eigenvalue weighted by Gasteiger charge is -2.43. The Bertz CT molecular complexity index is 2220. The van der Waals surface area contributed by atoms with Crippen molar-refractivity contribution in [3.63, 3.8) is 0 Å². The first-order valence-electron chi connectivity index (χ1n) is 19.1. The maximum absolute atomic E-state index is 14.4. The molecule has 2 atom stereocenters. The van der Waals surface area contributed by atoms with Crippen LogP contribution in [0.25, 0.3) is 11.1 Å². The maximum atomic E-state index is 14.4. The van der Waals surface area contributed by atoms with Crippen molar-refractivity contribution in [3.05, 3.63) is 126 Å². The Morgan fingerprint density at radius 2 is 1.68 bits per heavy atom. The topological polar surface area (TPSA) is 138 Å². The van der Waals surface area contributed by atoms with Gasteiger partial charge in [0.15, 0.2) is 5.76 Å². The molecule has 0 aromatic heterocycles. The predicted octanol–water partition coefficient (Wildman–Crippen LogP) is 4.64. The van der Waals surface area contributed by atoms with Gasteiger partial charge in [0.1, 0.15) is 11.3 Å². The van der Waals surface area contributed by atoms with Gasteiger partial charge < -0.3 is 34.4 Å². The van der Waals surface area contributed by atoms with Gasteiger partial charge in [-0.2, -0.15) is 4.31 Å². The fraction of sp³-hybridized carbons (Fsp3) is 0.349. The zero-order valence-electron chi connectivity index (χ0n) is 31.3. The van der Waals surface area contributed by atoms with Gasteiger partial charge in [-0.05, 0) is 89.6 Å². The number of allylic oxidation sites excluding steroid dienone is 1. The summed E-state index contributed by atoms with van der Waals surface area (Å²) in [6, 6.07) is 30.6. The van der Waals surface area contributed by atoms with E-state index >= 15 is 0 Å². The number of benzene rings is 4. The number of nitrogens with zero attached hydrogens (tertiary/aromatic N) is 3. The van der Waals surface area contributed by atoms with Crippen molar-refractivity contribution in [2.45, 2.75) is 48.3 Å². The Morgan fingerprint density at radius 3 is 2.43 bits per heavy atom. The lowest BCUT2D eigenvalue weighted by molar-refractivity contribution is -0.154. The van der Waals surface area contributed by atoms with Crippen LogP contribution < -0.4 is 15.0 Å². The molecule has 4 aromatic rings. The highest BCUT2D eigenvalue weighted by atomic mass is 32.2. The molecule has 292 valence electrons. The number of rotatable bonds is 12. The average Bonchev–Trinajstić information content (AvgIpc) is 3.77. The van der Waals surface area contributed by atoms with Crippen molar-refractivity contribution in [2.75, 3.05) is 58.1 Å². The summed E-state index contributed by atoms with van der Waals surface area (Å²) in [7, 11) is -2.45. The summed E-state index contributed by atoms with van der Waals surface area (Å²) < 4.78 is 46.1. The van der Waals surface area contributed by atoms with Crippen LogP contribution in [0.1, 0.15) is 41.9 Å². The molecule has 2 unspecified atom stereocenters. The first-order chi connectivity index (χ1) is 27.2. The lowest BCUT2D eigenvalue weighted by atomic mass is 9.85. The molecule has 2 amide bonds. The van der Waals surface area contributed by atoms with Crippen LogP contribution in [0, 0.1) is 0 Å². The van der Waals surface area contributed by atoms with E-state index in [9.17, 15) is 23.1 Å². The lowest BCUT2D eigenvalue weighted by Crippen LogP contribution is -2.57. The zero-order chi connectivity index (χ0) is 38.9. The van der Waals surface area contributed by atoms with E-state index in [1.165, 1.54) is 45.8 Å². The quantitative estimate of drug-likeness (QED) is 0.186. The van der Waals surface area contributed by atoms with E-state index in [0.29, 0.717) is 44.8 Å². The third-order valence-corrected chi connectivity index (χ3v) is 13.4. The van der Waals surface area contributed by atoms with E-state index in [1.54, 1.807) is 17.0 Å². The zero-order valence-corrected chi connectivity index (χ0v) is 32.1. The molecule has 4 aromatic carbocycles. The van der Waals surface area contributed by atoms with Crippen LogP contribution in [-0.4, -0.2) is 99.5 Å². The molecule has 2 N–H and O–H groups in total. The number of hydrogen-bond acceptors (Lipinski definition) is 9. The van der Waals surface area contributed by atoms with Crippen molar-refractivity contribution in [1.29, 1.82) is 0 Å². The number of carbonyl (C=O) groups is 2. The van der Waals surface area contributed by atoms with Crippen molar-refractivity contribution >= 4 is 27.5 Å². The van der Waals surface area contributed by atoms with Crippen LogP contribution in [0.15, 0.2) is 114 Å². The smallest absolute Gasteiger partial charge is 0.288 e. The Hall–Kier alpha value is -5.21. The molecule has 1 aliphatic carbocycles. The summed E-state index contributed by atoms with van der Waals surface area (Å²) >= 11 is 0. The van der Waals surface area contributed by atoms with E-state index < -0.39 is 21.9 Å². The van der Waals surface area contributed by atoms with Crippen LogP contribution in [0.5, 0.6) is 5.75 Å². The highest BCUT2D eigenvalue weighted by molar-refractivity contribution is 7.89. The number of anilines is 1. The Morgan fingerprint density at radius 1 is 0.946 bits per heavy atom. The first kappa shape index (κ1) is 37.7. The highest BCUT2D eigenvalue weighted by Gasteiger charge is 2.51. The van der Waals surface area contributed by atoms with Crippen LogP contribution >= 0.6 is 0 Å². The van der Waals surface area contributed by atoms with Gasteiger partial charge in [-0.15, -0.1) is 0 Å². The average molecular weight is 779 g/mol. The number of carbonyl (C=O) groups excluding carboxylic acids is 2. The Labute approximate surface area is 327 Å². The number of nitrogens with one attached hydrogen (secondary N) is 1. The minimum absolute atomic E-state index is 0.0294. The van der Waals surface area contributed by atoms with Gasteiger partial charge in [-0.25, -0.2) is 8.42 Å². The summed E-state index contributed by atoms with van der Waals surface area (Å²) in [6.45, 7) is 0.558. The number of likely N-dealkylation sites (tertiary alicyclic amines) is 1. The monoisotopic (exact) mass is 778 g/mol. The first-order valence-corrected chi connectivity index (χ1v) is 20.5. The number of methoxy groups -OCH3 is 1. The summed E-state index contributed by atoms with van der Waals surface area (Å²) in [4.78, 5) is 31.6. The van der Waals surface area contributed by atoms with Gasteiger partial charge in [0.05, 0.1) is 31.9 Å². The molecule has 56 heavy (non-hydrogen) atoms. The molecule has 12 nitrogen and oxygen atoms in total. The summed E-state index contributed by atoms with van der Waals surface area (Å²) in [5.41, 5.74) is 6.12. The van der Waals surface area contributed by atoms with E-state index in [0.717, 1.165) is 17.7 Å². The van der Waals surface area contributed by atoms with Gasteiger partial charge in [-0.3, -0.25) is 9.59 Å². The van der Waals surface area contributed by atoms with Gasteiger partial charge in [0, 0.05) is 44.2 Å². The second kappa shape index (κ2) is 15.7. The van der Waals surface area contributed by atoms with E-state index in [2.05, 4.69) is 34.5 Å². The third kappa shape index (κ3) is 7.04. The van der Waals surface area contributed by atoms with E-state index in [-0.39, 0.29) is 54.7 Å². The fourth-order valence-corrected chi connectivity index (χ4v) is 9.99. The van der Waals surface area contributed by atoms with Crippen molar-refractivity contribution < 1.29 is 37.3 Å². The largest absolute Gasteiger partial charge is 0.497 e. The number of fused-ring (bicyclic) bond motifs is 3. The van der Waals surface area contributed by atoms with Crippen molar-refractivity contribution in [3.8, 4) is 16.9 Å². The number of hydrogen-bond donors (Lipinski definition) is 2. The molecule has 3 heterocycles. The van der Waals surface area contributed by atoms with E-state index in [1.807, 2.05) is 54.6 Å². The molecular formula is C43H46N4O8S. The number of aliphatic hydroxyl groups is 1.